The predicted molar refractivity (Wildman–Crippen MR) is 93.7 cm³/mol. The standard InChI is InChI=1S/C19H24OSi/c1-4-19(18(20)15-16-11-7-5-8-12-16)21(2,3)17-13-9-6-10-14-17/h4-14,18-20H,1,15H2,2-3H3/t18-,19-/m1/s1. The van der Waals surface area contributed by atoms with Gasteiger partial charge in [0.25, 0.3) is 0 Å². The average Bonchev–Trinajstić information content (AvgIpc) is 2.49. The molecule has 0 saturated heterocycles. The van der Waals surface area contributed by atoms with Crippen molar-refractivity contribution in [2.45, 2.75) is 31.2 Å². The molecule has 2 atom stereocenters. The van der Waals surface area contributed by atoms with Crippen LogP contribution in [0.2, 0.25) is 18.6 Å². The van der Waals surface area contributed by atoms with Gasteiger partial charge in [-0.25, -0.2) is 0 Å². The zero-order valence-electron chi connectivity index (χ0n) is 12.9. The van der Waals surface area contributed by atoms with Crippen molar-refractivity contribution in [3.8, 4) is 0 Å². The quantitative estimate of drug-likeness (QED) is 0.635. The van der Waals surface area contributed by atoms with Gasteiger partial charge in [0.2, 0.25) is 0 Å². The smallest absolute Gasteiger partial charge is 0.0901 e. The summed E-state index contributed by atoms with van der Waals surface area (Å²) in [5.74, 6) is 0. The first kappa shape index (κ1) is 15.7. The Morgan fingerprint density at radius 1 is 1.00 bits per heavy atom. The number of aliphatic hydroxyl groups excluding tert-OH is 1. The van der Waals surface area contributed by atoms with Gasteiger partial charge in [0.05, 0.1) is 14.2 Å². The van der Waals surface area contributed by atoms with Crippen LogP contribution in [0.1, 0.15) is 5.56 Å². The van der Waals surface area contributed by atoms with E-state index in [1.54, 1.807) is 0 Å². The van der Waals surface area contributed by atoms with Crippen molar-refractivity contribution in [2.75, 3.05) is 0 Å². The lowest BCUT2D eigenvalue weighted by atomic mass is 10.1. The van der Waals surface area contributed by atoms with Crippen molar-refractivity contribution in [1.29, 1.82) is 0 Å². The molecular formula is C19H24OSi. The van der Waals surface area contributed by atoms with Crippen LogP contribution >= 0.6 is 0 Å². The summed E-state index contributed by atoms with van der Waals surface area (Å²) in [5, 5.41) is 12.1. The molecule has 0 saturated carbocycles. The van der Waals surface area contributed by atoms with Gasteiger partial charge in [0, 0.05) is 5.54 Å². The molecule has 0 heterocycles. The first-order valence-corrected chi connectivity index (χ1v) is 10.5. The third-order valence-corrected chi connectivity index (χ3v) is 8.42. The Morgan fingerprint density at radius 2 is 1.52 bits per heavy atom. The van der Waals surface area contributed by atoms with Gasteiger partial charge >= 0.3 is 0 Å². The second-order valence-corrected chi connectivity index (χ2v) is 10.8. The molecule has 0 radical (unpaired) electrons. The van der Waals surface area contributed by atoms with Gasteiger partial charge < -0.3 is 5.11 Å². The molecule has 1 N–H and O–H groups in total. The normalized spacial score (nSPS) is 14.4. The van der Waals surface area contributed by atoms with Gasteiger partial charge in [0.15, 0.2) is 0 Å². The number of hydrogen-bond acceptors (Lipinski definition) is 1. The van der Waals surface area contributed by atoms with Gasteiger partial charge in [-0.15, -0.1) is 6.58 Å². The fraction of sp³-hybridized carbons (Fsp3) is 0.263. The maximum absolute atomic E-state index is 10.7. The number of hydrogen-bond donors (Lipinski definition) is 1. The molecule has 0 aliphatic heterocycles. The van der Waals surface area contributed by atoms with Gasteiger partial charge in [-0.1, -0.05) is 85.0 Å². The highest BCUT2D eigenvalue weighted by atomic mass is 28.3. The van der Waals surface area contributed by atoms with Crippen LogP contribution in [0.5, 0.6) is 0 Å². The molecule has 0 fully saturated rings. The fourth-order valence-electron chi connectivity index (χ4n) is 2.98. The van der Waals surface area contributed by atoms with E-state index >= 15 is 0 Å². The third kappa shape index (κ3) is 3.72. The molecule has 0 bridgehead atoms. The Labute approximate surface area is 129 Å². The average molecular weight is 296 g/mol. The zero-order chi connectivity index (χ0) is 15.3. The molecule has 0 aromatic heterocycles. The lowest BCUT2D eigenvalue weighted by Crippen LogP contribution is -2.49. The van der Waals surface area contributed by atoms with Crippen molar-refractivity contribution < 1.29 is 5.11 Å². The van der Waals surface area contributed by atoms with E-state index in [1.807, 2.05) is 30.3 Å². The van der Waals surface area contributed by atoms with Crippen LogP contribution in [-0.2, 0) is 6.42 Å². The molecule has 21 heavy (non-hydrogen) atoms. The summed E-state index contributed by atoms with van der Waals surface area (Å²) in [7, 11) is -1.79. The van der Waals surface area contributed by atoms with Crippen LogP contribution in [0, 0.1) is 0 Å². The monoisotopic (exact) mass is 296 g/mol. The lowest BCUT2D eigenvalue weighted by molar-refractivity contribution is 0.176. The molecule has 1 nitrogen and oxygen atoms in total. The van der Waals surface area contributed by atoms with Gasteiger partial charge in [0.1, 0.15) is 0 Å². The van der Waals surface area contributed by atoms with Crippen molar-refractivity contribution in [3.05, 3.63) is 78.9 Å². The van der Waals surface area contributed by atoms with Crippen LogP contribution in [0.4, 0.5) is 0 Å². The number of aliphatic hydroxyl groups is 1. The molecule has 0 unspecified atom stereocenters. The van der Waals surface area contributed by atoms with Gasteiger partial charge in [-0.05, 0) is 12.0 Å². The van der Waals surface area contributed by atoms with Crippen LogP contribution < -0.4 is 5.19 Å². The highest BCUT2D eigenvalue weighted by Crippen LogP contribution is 2.28. The summed E-state index contributed by atoms with van der Waals surface area (Å²) < 4.78 is 0. The van der Waals surface area contributed by atoms with Crippen molar-refractivity contribution in [1.82, 2.24) is 0 Å². The first-order valence-electron chi connectivity index (χ1n) is 7.45. The lowest BCUT2D eigenvalue weighted by Gasteiger charge is -2.34. The van der Waals surface area contributed by atoms with Crippen LogP contribution in [0.15, 0.2) is 73.3 Å². The minimum Gasteiger partial charge on any atom is -0.392 e. The molecule has 2 rings (SSSR count). The fourth-order valence-corrected chi connectivity index (χ4v) is 6.08. The molecule has 2 heteroatoms. The molecule has 0 spiro atoms. The van der Waals surface area contributed by atoms with Gasteiger partial charge in [-0.3, -0.25) is 0 Å². The first-order chi connectivity index (χ1) is 10.1. The topological polar surface area (TPSA) is 20.2 Å². The zero-order valence-corrected chi connectivity index (χ0v) is 13.9. The summed E-state index contributed by atoms with van der Waals surface area (Å²) in [4.78, 5) is 0. The van der Waals surface area contributed by atoms with E-state index in [-0.39, 0.29) is 11.6 Å². The van der Waals surface area contributed by atoms with Crippen LogP contribution in [-0.4, -0.2) is 19.3 Å². The third-order valence-electron chi connectivity index (χ3n) is 4.31. The Hall–Kier alpha value is -1.64. The van der Waals surface area contributed by atoms with E-state index in [0.717, 1.165) is 0 Å². The van der Waals surface area contributed by atoms with E-state index < -0.39 is 8.07 Å². The Bertz CT molecular complexity index is 563. The highest BCUT2D eigenvalue weighted by molar-refractivity contribution is 6.91. The Kier molecular flexibility index (Phi) is 5.15. The molecule has 2 aromatic rings. The van der Waals surface area contributed by atoms with E-state index in [4.69, 9.17) is 0 Å². The molecule has 0 aliphatic rings. The predicted octanol–water partition coefficient (Wildman–Crippen LogP) is 3.76. The molecule has 2 aromatic carbocycles. The molecule has 0 amide bonds. The summed E-state index contributed by atoms with van der Waals surface area (Å²) in [6.07, 6.45) is 2.25. The van der Waals surface area contributed by atoms with Crippen molar-refractivity contribution in [3.63, 3.8) is 0 Å². The second kappa shape index (κ2) is 6.88. The van der Waals surface area contributed by atoms with E-state index in [9.17, 15) is 5.11 Å². The van der Waals surface area contributed by atoms with Gasteiger partial charge in [-0.2, -0.15) is 0 Å². The SMILES string of the molecule is C=C[C@H]([C@H](O)Cc1ccccc1)[Si](C)(C)c1ccccc1. The molecule has 110 valence electrons. The highest BCUT2D eigenvalue weighted by Gasteiger charge is 2.36. The Morgan fingerprint density at radius 3 is 2.05 bits per heavy atom. The maximum Gasteiger partial charge on any atom is 0.0901 e. The van der Waals surface area contributed by atoms with Crippen molar-refractivity contribution in [2.24, 2.45) is 0 Å². The van der Waals surface area contributed by atoms with E-state index in [2.05, 4.69) is 56.1 Å². The van der Waals surface area contributed by atoms with Crippen molar-refractivity contribution >= 4 is 13.3 Å². The summed E-state index contributed by atoms with van der Waals surface area (Å²) in [6.45, 7) is 8.61. The van der Waals surface area contributed by atoms with Crippen LogP contribution in [0.3, 0.4) is 0 Å². The largest absolute Gasteiger partial charge is 0.392 e. The second-order valence-electron chi connectivity index (χ2n) is 6.11. The maximum atomic E-state index is 10.7. The molecular weight excluding hydrogens is 272 g/mol. The summed E-state index contributed by atoms with van der Waals surface area (Å²) in [5.41, 5.74) is 1.31. The number of benzene rings is 2. The summed E-state index contributed by atoms with van der Waals surface area (Å²) >= 11 is 0. The van der Waals surface area contributed by atoms with E-state index in [1.165, 1.54) is 10.8 Å². The number of rotatable bonds is 6. The molecule has 0 aliphatic carbocycles. The van der Waals surface area contributed by atoms with E-state index in [0.29, 0.717) is 6.42 Å². The van der Waals surface area contributed by atoms with Crippen LogP contribution in [0.25, 0.3) is 0 Å². The minimum absolute atomic E-state index is 0.139. The minimum atomic E-state index is -1.79. The Balaban J connectivity index is 2.20. The summed E-state index contributed by atoms with van der Waals surface area (Å²) in [6, 6.07) is 20.7.